The Morgan fingerprint density at radius 1 is 0.618 bits per heavy atom. The summed E-state index contributed by atoms with van der Waals surface area (Å²) in [5.41, 5.74) is 0. The van der Waals surface area contributed by atoms with Gasteiger partial charge in [-0.3, -0.25) is 9.59 Å². The van der Waals surface area contributed by atoms with Gasteiger partial charge in [-0.25, -0.2) is 0 Å². The van der Waals surface area contributed by atoms with Crippen LogP contribution in [0.25, 0.3) is 0 Å². The van der Waals surface area contributed by atoms with Crippen molar-refractivity contribution in [2.24, 2.45) is 0 Å². The van der Waals surface area contributed by atoms with Crippen LogP contribution in [0.5, 0.6) is 0 Å². The summed E-state index contributed by atoms with van der Waals surface area (Å²) in [6, 6.07) is 0. The highest BCUT2D eigenvalue weighted by Gasteiger charge is 2.14. The maximum Gasteiger partial charge on any atom is 0.283 e. The minimum atomic E-state index is 0.0376. The topological polar surface area (TPSA) is 52.6 Å². The molecule has 1 unspecified atom stereocenters. The molecule has 0 amide bonds. The van der Waals surface area contributed by atoms with Gasteiger partial charge in [-0.2, -0.15) is 0 Å². The van der Waals surface area contributed by atoms with Gasteiger partial charge in [-0.1, -0.05) is 106 Å². The third kappa shape index (κ3) is 26.4. The molecule has 0 aromatic carbocycles. The molecule has 0 saturated heterocycles. The lowest BCUT2D eigenvalue weighted by Gasteiger charge is -2.15. The summed E-state index contributed by atoms with van der Waals surface area (Å²) in [7, 11) is 6.06. The Hall–Kier alpha value is 1.36. The Kier molecular flexibility index (Phi) is 30.1. The second-order valence-corrected chi connectivity index (χ2v) is 14.9. The van der Waals surface area contributed by atoms with Crippen molar-refractivity contribution in [1.29, 1.82) is 0 Å². The smallest absolute Gasteiger partial charge is 0.283 e. The Bertz CT molecular complexity index is 471. The molecule has 1 atom stereocenters. The average molecular weight is 591 g/mol. The highest BCUT2D eigenvalue weighted by Crippen LogP contribution is 2.37. The predicted molar refractivity (Wildman–Crippen MR) is 163 cm³/mol. The quantitative estimate of drug-likeness (QED) is 0.0616. The Balaban J connectivity index is 3.81. The number of rotatable bonds is 24. The van der Waals surface area contributed by atoms with Crippen LogP contribution in [0.1, 0.15) is 117 Å². The first-order valence-electron chi connectivity index (χ1n) is 12.9. The summed E-state index contributed by atoms with van der Waals surface area (Å²) < 4.78 is 10.3. The van der Waals surface area contributed by atoms with Crippen molar-refractivity contribution >= 4 is 76.2 Å². The van der Waals surface area contributed by atoms with Gasteiger partial charge in [0.2, 0.25) is 0 Å². The van der Waals surface area contributed by atoms with E-state index in [4.69, 9.17) is 8.37 Å². The fourth-order valence-corrected chi connectivity index (χ4v) is 8.83. The monoisotopic (exact) mass is 590 g/mol. The standard InChI is InChI=1S/C24H46O4S6/c1-4-7-8-9-13-16-19-22(32-34-24(26)31-28-6-3)20-17-14-11-10-12-15-18-21-29-33-23(25)30-27-5-2/h22H,4-21H2,1-3H3. The van der Waals surface area contributed by atoms with E-state index in [1.54, 1.807) is 21.6 Å². The zero-order valence-electron chi connectivity index (χ0n) is 21.4. The number of carbonyl (C=O) groups excluding carboxylic acids is 2. The van der Waals surface area contributed by atoms with Gasteiger partial charge in [0.1, 0.15) is 0 Å². The van der Waals surface area contributed by atoms with Crippen LogP contribution < -0.4 is 0 Å². The van der Waals surface area contributed by atoms with Gasteiger partial charge in [-0.15, -0.1) is 0 Å². The van der Waals surface area contributed by atoms with Gasteiger partial charge in [0, 0.05) is 11.0 Å². The predicted octanol–water partition coefficient (Wildman–Crippen LogP) is 11.6. The lowest BCUT2D eigenvalue weighted by Crippen LogP contribution is -2.02. The summed E-state index contributed by atoms with van der Waals surface area (Å²) in [6.45, 7) is 7.18. The van der Waals surface area contributed by atoms with E-state index in [0.29, 0.717) is 18.5 Å². The molecule has 0 rings (SSSR count). The summed E-state index contributed by atoms with van der Waals surface area (Å²) in [6.07, 6.45) is 19.2. The molecule has 0 aliphatic carbocycles. The van der Waals surface area contributed by atoms with Crippen LogP contribution >= 0.6 is 67.3 Å². The van der Waals surface area contributed by atoms with Crippen LogP contribution in [0, 0.1) is 0 Å². The van der Waals surface area contributed by atoms with Gasteiger partial charge in [0.15, 0.2) is 0 Å². The molecule has 202 valence electrons. The molecule has 0 heterocycles. The zero-order chi connectivity index (χ0) is 25.1. The highest BCUT2D eigenvalue weighted by atomic mass is 33.1. The molecule has 10 heteroatoms. The molecule has 0 spiro atoms. The van der Waals surface area contributed by atoms with E-state index in [-0.39, 0.29) is 8.89 Å². The maximum atomic E-state index is 11.9. The first-order valence-corrected chi connectivity index (χ1v) is 18.9. The van der Waals surface area contributed by atoms with Crippen LogP contribution in [-0.4, -0.2) is 33.1 Å². The third-order valence-electron chi connectivity index (χ3n) is 5.00. The SMILES string of the molecule is CCCCCCCCC(CCCCCCCCCSSC(=O)SOCC)SSC(=O)SOCC. The van der Waals surface area contributed by atoms with Crippen molar-refractivity contribution in [2.45, 2.75) is 122 Å². The molecule has 0 aromatic rings. The highest BCUT2D eigenvalue weighted by molar-refractivity contribution is 8.86. The molecular formula is C24H46O4S6. The summed E-state index contributed by atoms with van der Waals surface area (Å²) in [5.74, 6) is 1.03. The number of carbonyl (C=O) groups is 2. The minimum Gasteiger partial charge on any atom is -0.308 e. The Morgan fingerprint density at radius 3 is 1.62 bits per heavy atom. The van der Waals surface area contributed by atoms with E-state index in [2.05, 4.69) is 6.92 Å². The van der Waals surface area contributed by atoms with Gasteiger partial charge < -0.3 is 8.37 Å². The Labute approximate surface area is 234 Å². The third-order valence-corrected chi connectivity index (χ3v) is 12.1. The van der Waals surface area contributed by atoms with Gasteiger partial charge >= 0.3 is 0 Å². The van der Waals surface area contributed by atoms with E-state index >= 15 is 0 Å². The molecular weight excluding hydrogens is 545 g/mol. The van der Waals surface area contributed by atoms with Crippen LogP contribution in [0.2, 0.25) is 0 Å². The molecule has 0 aromatic heterocycles. The summed E-state index contributed by atoms with van der Waals surface area (Å²) in [5, 5.41) is 0.570. The van der Waals surface area contributed by atoms with E-state index in [1.165, 1.54) is 118 Å². The van der Waals surface area contributed by atoms with Gasteiger partial charge in [0.05, 0.1) is 37.3 Å². The van der Waals surface area contributed by atoms with E-state index in [0.717, 1.165) is 29.8 Å². The molecule has 0 fully saturated rings. The summed E-state index contributed by atoms with van der Waals surface area (Å²) >= 11 is 1.93. The molecule has 34 heavy (non-hydrogen) atoms. The molecule has 0 N–H and O–H groups in total. The van der Waals surface area contributed by atoms with Crippen molar-refractivity contribution in [3.8, 4) is 0 Å². The molecule has 0 aliphatic rings. The maximum absolute atomic E-state index is 11.9. The van der Waals surface area contributed by atoms with Crippen molar-refractivity contribution in [3.05, 3.63) is 0 Å². The second-order valence-electron chi connectivity index (χ2n) is 8.01. The van der Waals surface area contributed by atoms with Crippen LogP contribution in [0.15, 0.2) is 0 Å². The van der Waals surface area contributed by atoms with Crippen molar-refractivity contribution in [3.63, 3.8) is 0 Å². The lowest BCUT2D eigenvalue weighted by molar-refractivity contribution is 0.274. The molecule has 0 radical (unpaired) electrons. The van der Waals surface area contributed by atoms with Crippen molar-refractivity contribution in [2.75, 3.05) is 19.0 Å². The zero-order valence-corrected chi connectivity index (χ0v) is 26.3. The first kappa shape index (κ1) is 35.4. The lowest BCUT2D eigenvalue weighted by atomic mass is 10.0. The van der Waals surface area contributed by atoms with Crippen LogP contribution in [-0.2, 0) is 8.37 Å². The molecule has 0 bridgehead atoms. The molecule has 0 saturated carbocycles. The van der Waals surface area contributed by atoms with Gasteiger partial charge in [0.25, 0.3) is 8.89 Å². The van der Waals surface area contributed by atoms with E-state index in [1.807, 2.05) is 13.8 Å². The fraction of sp³-hybridized carbons (Fsp3) is 0.917. The van der Waals surface area contributed by atoms with E-state index < -0.39 is 0 Å². The average Bonchev–Trinajstić information content (AvgIpc) is 2.84. The number of hydrogen-bond acceptors (Lipinski definition) is 10. The minimum absolute atomic E-state index is 0.0376. The van der Waals surface area contributed by atoms with Crippen molar-refractivity contribution in [1.82, 2.24) is 0 Å². The number of hydrogen-bond donors (Lipinski definition) is 0. The second kappa shape index (κ2) is 28.9. The Morgan fingerprint density at radius 2 is 1.09 bits per heavy atom. The van der Waals surface area contributed by atoms with Crippen LogP contribution in [0.4, 0.5) is 9.59 Å². The normalized spacial score (nSPS) is 12.2. The van der Waals surface area contributed by atoms with Gasteiger partial charge in [-0.05, 0) is 54.7 Å². The summed E-state index contributed by atoms with van der Waals surface area (Å²) in [4.78, 5) is 23.4. The van der Waals surface area contributed by atoms with Crippen molar-refractivity contribution < 1.29 is 18.0 Å². The molecule has 0 aliphatic heterocycles. The van der Waals surface area contributed by atoms with Crippen LogP contribution in [0.3, 0.4) is 0 Å². The largest absolute Gasteiger partial charge is 0.308 e. The fourth-order valence-electron chi connectivity index (χ4n) is 3.25. The first-order chi connectivity index (χ1) is 16.6. The number of unbranched alkanes of at least 4 members (excludes halogenated alkanes) is 11. The van der Waals surface area contributed by atoms with E-state index in [9.17, 15) is 9.59 Å². The molecule has 4 nitrogen and oxygen atoms in total.